The van der Waals surface area contributed by atoms with Crippen molar-refractivity contribution in [3.05, 3.63) is 15.8 Å². The summed E-state index contributed by atoms with van der Waals surface area (Å²) in [6.45, 7) is 7.28. The average Bonchev–Trinajstić information content (AvgIpc) is 2.66. The third-order valence-corrected chi connectivity index (χ3v) is 3.02. The van der Waals surface area contributed by atoms with Crippen molar-refractivity contribution >= 4 is 17.5 Å². The molecule has 1 aromatic rings. The van der Waals surface area contributed by atoms with E-state index in [4.69, 9.17) is 5.11 Å². The minimum absolute atomic E-state index is 0.0261. The molecule has 1 rings (SSSR count). The van der Waals surface area contributed by atoms with Crippen LogP contribution in [-0.4, -0.2) is 32.3 Å². The number of anilines is 1. The molecule has 0 saturated heterocycles. The van der Waals surface area contributed by atoms with Gasteiger partial charge < -0.3 is 10.4 Å². The van der Waals surface area contributed by atoms with Crippen LogP contribution in [0.1, 0.15) is 38.9 Å². The second-order valence-corrected chi connectivity index (χ2v) is 5.03. The van der Waals surface area contributed by atoms with E-state index < -0.39 is 16.8 Å². The molecule has 20 heavy (non-hydrogen) atoms. The van der Waals surface area contributed by atoms with E-state index in [1.54, 1.807) is 18.5 Å². The van der Waals surface area contributed by atoms with Gasteiger partial charge in [0.25, 0.3) is 0 Å². The fourth-order valence-corrected chi connectivity index (χ4v) is 1.83. The Kier molecular flexibility index (Phi) is 5.06. The number of carboxylic acid groups (broad SMARTS) is 1. The third-order valence-electron chi connectivity index (χ3n) is 3.02. The van der Waals surface area contributed by atoms with Crippen LogP contribution in [0.4, 0.5) is 11.5 Å². The maximum Gasteiger partial charge on any atom is 0.333 e. The molecule has 0 fully saturated rings. The van der Waals surface area contributed by atoms with Gasteiger partial charge in [-0.05, 0) is 27.2 Å². The first kappa shape index (κ1) is 15.9. The van der Waals surface area contributed by atoms with Crippen LogP contribution >= 0.6 is 0 Å². The van der Waals surface area contributed by atoms with Crippen LogP contribution in [0, 0.1) is 23.0 Å². The van der Waals surface area contributed by atoms with Gasteiger partial charge in [-0.15, -0.1) is 0 Å². The molecule has 8 heteroatoms. The summed E-state index contributed by atoms with van der Waals surface area (Å²) < 4.78 is 1.55. The van der Waals surface area contributed by atoms with Gasteiger partial charge in [0.05, 0.1) is 10.8 Å². The minimum atomic E-state index is -0.880. The van der Waals surface area contributed by atoms with Crippen LogP contribution in [0.3, 0.4) is 0 Å². The number of nitrogens with one attached hydrogen (secondary N) is 1. The molecule has 0 amide bonds. The zero-order valence-corrected chi connectivity index (χ0v) is 12.1. The van der Waals surface area contributed by atoms with Crippen LogP contribution in [-0.2, 0) is 4.79 Å². The van der Waals surface area contributed by atoms with Crippen molar-refractivity contribution in [3.63, 3.8) is 0 Å². The van der Waals surface area contributed by atoms with Crippen molar-refractivity contribution in [3.8, 4) is 0 Å². The molecule has 1 atom stereocenters. The van der Waals surface area contributed by atoms with Crippen LogP contribution in [0.2, 0.25) is 0 Å². The van der Waals surface area contributed by atoms with E-state index in [-0.39, 0.29) is 11.7 Å². The summed E-state index contributed by atoms with van der Waals surface area (Å²) in [4.78, 5) is 21.4. The lowest BCUT2D eigenvalue weighted by molar-refractivity contribution is -0.384. The number of rotatable bonds is 7. The predicted octanol–water partition coefficient (Wildman–Crippen LogP) is 2.20. The molecule has 0 radical (unpaired) electrons. The second kappa shape index (κ2) is 6.36. The van der Waals surface area contributed by atoms with E-state index in [0.717, 1.165) is 0 Å². The number of carboxylic acids is 1. The van der Waals surface area contributed by atoms with Crippen molar-refractivity contribution < 1.29 is 14.8 Å². The maximum absolute atomic E-state index is 11.1. The zero-order chi connectivity index (χ0) is 15.4. The van der Waals surface area contributed by atoms with E-state index in [0.29, 0.717) is 24.5 Å². The molecule has 1 heterocycles. The van der Waals surface area contributed by atoms with Gasteiger partial charge in [0.2, 0.25) is 5.82 Å². The predicted molar refractivity (Wildman–Crippen MR) is 73.9 cm³/mol. The topological polar surface area (TPSA) is 110 Å². The summed E-state index contributed by atoms with van der Waals surface area (Å²) in [5.74, 6) is -1.05. The summed E-state index contributed by atoms with van der Waals surface area (Å²) in [5, 5.41) is 27.0. The summed E-state index contributed by atoms with van der Waals surface area (Å²) in [7, 11) is 0. The molecule has 2 N–H and O–H groups in total. The Morgan fingerprint density at radius 3 is 2.55 bits per heavy atom. The Bertz CT molecular complexity index is 510. The number of nitro groups is 1. The fourth-order valence-electron chi connectivity index (χ4n) is 1.83. The summed E-state index contributed by atoms with van der Waals surface area (Å²) >= 11 is 0. The summed E-state index contributed by atoms with van der Waals surface area (Å²) in [6, 6.07) is -0.0261. The molecule has 0 aliphatic rings. The molecule has 0 bridgehead atoms. The molecule has 0 saturated carbocycles. The first-order valence-electron chi connectivity index (χ1n) is 6.45. The summed E-state index contributed by atoms with van der Waals surface area (Å²) in [6.07, 6.45) is 0.384. The van der Waals surface area contributed by atoms with Gasteiger partial charge in [-0.3, -0.25) is 14.9 Å². The normalized spacial score (nSPS) is 12.4. The first-order valence-corrected chi connectivity index (χ1v) is 6.45. The van der Waals surface area contributed by atoms with E-state index in [2.05, 4.69) is 10.4 Å². The van der Waals surface area contributed by atoms with Crippen molar-refractivity contribution in [2.75, 3.05) is 11.9 Å². The lowest BCUT2D eigenvalue weighted by Gasteiger charge is -2.12. The van der Waals surface area contributed by atoms with Crippen LogP contribution in [0.25, 0.3) is 0 Å². The molecule has 0 spiro atoms. The largest absolute Gasteiger partial charge is 0.481 e. The lowest BCUT2D eigenvalue weighted by atomic mass is 10.1. The Morgan fingerprint density at radius 2 is 2.10 bits per heavy atom. The third kappa shape index (κ3) is 3.46. The molecule has 112 valence electrons. The molecule has 1 unspecified atom stereocenters. The number of carbonyl (C=O) groups is 1. The Balaban J connectivity index is 2.92. The second-order valence-electron chi connectivity index (χ2n) is 5.03. The maximum atomic E-state index is 11.1. The smallest absolute Gasteiger partial charge is 0.333 e. The molecular weight excluding hydrogens is 264 g/mol. The SMILES string of the molecule is Cc1nn(C(C)C)c(NCCC(C)C(=O)O)c1[N+](=O)[O-]. The standard InChI is InChI=1S/C12H20N4O4/c1-7(2)15-11(10(16(19)20)9(4)14-15)13-6-5-8(3)12(17)18/h7-8,13H,5-6H2,1-4H3,(H,17,18). The Morgan fingerprint density at radius 1 is 1.50 bits per heavy atom. The van der Waals surface area contributed by atoms with Crippen molar-refractivity contribution in [2.45, 2.75) is 40.2 Å². The number of aromatic nitrogens is 2. The molecule has 1 aromatic heterocycles. The highest BCUT2D eigenvalue weighted by Gasteiger charge is 2.26. The van der Waals surface area contributed by atoms with Crippen LogP contribution < -0.4 is 5.32 Å². The van der Waals surface area contributed by atoms with Gasteiger partial charge >= 0.3 is 11.7 Å². The van der Waals surface area contributed by atoms with E-state index in [1.165, 1.54) is 0 Å². The van der Waals surface area contributed by atoms with E-state index in [1.807, 2.05) is 13.8 Å². The highest BCUT2D eigenvalue weighted by molar-refractivity contribution is 5.69. The minimum Gasteiger partial charge on any atom is -0.481 e. The van der Waals surface area contributed by atoms with Gasteiger partial charge in [0.15, 0.2) is 0 Å². The molecule has 0 aliphatic carbocycles. The number of aryl methyl sites for hydroxylation is 1. The van der Waals surface area contributed by atoms with Crippen molar-refractivity contribution in [1.29, 1.82) is 0 Å². The van der Waals surface area contributed by atoms with Crippen LogP contribution in [0.5, 0.6) is 0 Å². The van der Waals surface area contributed by atoms with E-state index >= 15 is 0 Å². The fraction of sp³-hybridized carbons (Fsp3) is 0.667. The van der Waals surface area contributed by atoms with Crippen molar-refractivity contribution in [1.82, 2.24) is 9.78 Å². The highest BCUT2D eigenvalue weighted by atomic mass is 16.6. The Hall–Kier alpha value is -2.12. The number of nitrogens with zero attached hydrogens (tertiary/aromatic N) is 3. The first-order chi connectivity index (χ1) is 9.25. The lowest BCUT2D eigenvalue weighted by Crippen LogP contribution is -2.17. The van der Waals surface area contributed by atoms with Crippen molar-refractivity contribution in [2.24, 2.45) is 5.92 Å². The van der Waals surface area contributed by atoms with Gasteiger partial charge in [-0.25, -0.2) is 4.68 Å². The molecule has 8 nitrogen and oxygen atoms in total. The monoisotopic (exact) mass is 284 g/mol. The van der Waals surface area contributed by atoms with Gasteiger partial charge in [-0.1, -0.05) is 6.92 Å². The van der Waals surface area contributed by atoms with Gasteiger partial charge in [0.1, 0.15) is 5.69 Å². The van der Waals surface area contributed by atoms with E-state index in [9.17, 15) is 14.9 Å². The van der Waals surface area contributed by atoms with Crippen LogP contribution in [0.15, 0.2) is 0 Å². The molecular formula is C12H20N4O4. The summed E-state index contributed by atoms with van der Waals surface area (Å²) in [5.41, 5.74) is 0.291. The zero-order valence-electron chi connectivity index (χ0n) is 12.1. The number of hydrogen-bond donors (Lipinski definition) is 2. The average molecular weight is 284 g/mol. The molecule has 0 aromatic carbocycles. The van der Waals surface area contributed by atoms with Gasteiger partial charge in [-0.2, -0.15) is 5.10 Å². The quantitative estimate of drug-likeness (QED) is 0.586. The van der Waals surface area contributed by atoms with Gasteiger partial charge in [0, 0.05) is 12.6 Å². The Labute approximate surface area is 116 Å². The number of hydrogen-bond acceptors (Lipinski definition) is 5. The highest BCUT2D eigenvalue weighted by Crippen LogP contribution is 2.30. The number of aliphatic carboxylic acids is 1. The molecule has 0 aliphatic heterocycles.